The molecule has 26 heavy (non-hydrogen) atoms. The molecule has 8 heteroatoms. The van der Waals surface area contributed by atoms with Gasteiger partial charge in [-0.25, -0.2) is 0 Å². The second kappa shape index (κ2) is 7.33. The fraction of sp³-hybridized carbons (Fsp3) is 0.500. The molecule has 3 heterocycles. The van der Waals surface area contributed by atoms with Gasteiger partial charge in [0.15, 0.2) is 0 Å². The van der Waals surface area contributed by atoms with Crippen LogP contribution in [0.15, 0.2) is 23.0 Å². The monoisotopic (exact) mass is 357 g/mol. The van der Waals surface area contributed by atoms with Crippen LogP contribution in [0.3, 0.4) is 0 Å². The first-order valence-corrected chi connectivity index (χ1v) is 9.05. The molecule has 0 bridgehead atoms. The van der Waals surface area contributed by atoms with E-state index in [9.17, 15) is 9.59 Å². The third kappa shape index (κ3) is 3.50. The van der Waals surface area contributed by atoms with E-state index in [0.717, 1.165) is 30.5 Å². The molecule has 2 aromatic rings. The number of carbonyl (C=O) groups is 2. The first-order valence-electron chi connectivity index (χ1n) is 9.05. The maximum Gasteiger partial charge on any atom is 0.237 e. The molecule has 1 atom stereocenters. The van der Waals surface area contributed by atoms with E-state index >= 15 is 0 Å². The summed E-state index contributed by atoms with van der Waals surface area (Å²) in [5, 5.41) is 13.1. The highest BCUT2D eigenvalue weighted by Crippen LogP contribution is 2.22. The van der Waals surface area contributed by atoms with Gasteiger partial charge < -0.3 is 15.1 Å². The van der Waals surface area contributed by atoms with E-state index in [1.165, 1.54) is 11.3 Å². The third-order valence-corrected chi connectivity index (χ3v) is 5.13. The zero-order chi connectivity index (χ0) is 17.9. The minimum absolute atomic E-state index is 0.101. The number of hydrogen-bond donors (Lipinski definition) is 3. The molecular formula is C18H23N5O3. The Bertz CT molecular complexity index is 783. The average Bonchev–Trinajstić information content (AvgIpc) is 3.35. The Hall–Kier alpha value is -2.61. The zero-order valence-electron chi connectivity index (χ0n) is 14.6. The number of rotatable bonds is 6. The molecule has 8 nitrogen and oxygen atoms in total. The highest BCUT2D eigenvalue weighted by molar-refractivity contribution is 5.88. The van der Waals surface area contributed by atoms with Gasteiger partial charge in [-0.2, -0.15) is 5.10 Å². The largest absolute Gasteiger partial charge is 0.472 e. The predicted molar refractivity (Wildman–Crippen MR) is 93.0 cm³/mol. The number of aromatic nitrogens is 2. The summed E-state index contributed by atoms with van der Waals surface area (Å²) in [5.74, 6) is -0.241. The zero-order valence-corrected chi connectivity index (χ0v) is 14.6. The second-order valence-corrected chi connectivity index (χ2v) is 6.87. The second-order valence-electron chi connectivity index (χ2n) is 6.87. The number of nitrogens with zero attached hydrogens (tertiary/aromatic N) is 2. The number of aryl methyl sites for hydroxylation is 1. The lowest BCUT2D eigenvalue weighted by Crippen LogP contribution is -2.56. The summed E-state index contributed by atoms with van der Waals surface area (Å²) in [6.45, 7) is 2.30. The summed E-state index contributed by atoms with van der Waals surface area (Å²) in [6.07, 6.45) is 6.60. The van der Waals surface area contributed by atoms with Crippen LogP contribution in [0, 0.1) is 0 Å². The van der Waals surface area contributed by atoms with Crippen molar-refractivity contribution < 1.29 is 14.0 Å². The normalized spacial score (nSPS) is 20.0. The highest BCUT2D eigenvalue weighted by Gasteiger charge is 2.31. The molecule has 1 saturated heterocycles. The molecule has 0 aromatic carbocycles. The van der Waals surface area contributed by atoms with Crippen molar-refractivity contribution in [3.63, 3.8) is 0 Å². The first kappa shape index (κ1) is 16.8. The van der Waals surface area contributed by atoms with Gasteiger partial charge in [0.05, 0.1) is 37.2 Å². The Morgan fingerprint density at radius 1 is 1.42 bits per heavy atom. The number of piperazine rings is 1. The van der Waals surface area contributed by atoms with Gasteiger partial charge in [-0.1, -0.05) is 0 Å². The van der Waals surface area contributed by atoms with Crippen molar-refractivity contribution in [3.05, 3.63) is 41.1 Å². The van der Waals surface area contributed by atoms with Crippen molar-refractivity contribution in [3.8, 4) is 0 Å². The maximum absolute atomic E-state index is 12.4. The fourth-order valence-electron chi connectivity index (χ4n) is 3.75. The Morgan fingerprint density at radius 3 is 3.19 bits per heavy atom. The van der Waals surface area contributed by atoms with Gasteiger partial charge in [0.1, 0.15) is 0 Å². The molecule has 2 amide bonds. The van der Waals surface area contributed by atoms with Crippen molar-refractivity contribution in [2.24, 2.45) is 0 Å². The van der Waals surface area contributed by atoms with Crippen molar-refractivity contribution in [1.82, 2.24) is 25.7 Å². The standard InChI is InChI=1S/C18H23N5O3/c24-17(20-9-15-13-2-1-3-14(13)21-22-15)8-16-18(25)19-5-6-23(16)10-12-4-7-26-11-12/h4,7,11,16H,1-3,5-6,8-10H2,(H,19,25)(H,20,24)(H,21,22). The predicted octanol–water partition coefficient (Wildman–Crippen LogP) is 0.498. The lowest BCUT2D eigenvalue weighted by molar-refractivity contribution is -0.134. The first-order chi connectivity index (χ1) is 12.7. The van der Waals surface area contributed by atoms with E-state index in [4.69, 9.17) is 4.42 Å². The van der Waals surface area contributed by atoms with Crippen LogP contribution in [0.25, 0.3) is 0 Å². The molecule has 1 unspecified atom stereocenters. The summed E-state index contributed by atoms with van der Waals surface area (Å²) in [5.41, 5.74) is 4.33. The molecular weight excluding hydrogens is 334 g/mol. The number of aromatic amines is 1. The van der Waals surface area contributed by atoms with E-state index < -0.39 is 6.04 Å². The molecule has 0 radical (unpaired) electrons. The van der Waals surface area contributed by atoms with Crippen molar-refractivity contribution in [2.75, 3.05) is 13.1 Å². The smallest absolute Gasteiger partial charge is 0.237 e. The summed E-state index contributed by atoms with van der Waals surface area (Å²) in [4.78, 5) is 26.7. The van der Waals surface area contributed by atoms with Gasteiger partial charge >= 0.3 is 0 Å². The van der Waals surface area contributed by atoms with Crippen LogP contribution in [-0.2, 0) is 35.5 Å². The Kier molecular flexibility index (Phi) is 4.75. The van der Waals surface area contributed by atoms with Crippen LogP contribution in [0.5, 0.6) is 0 Å². The van der Waals surface area contributed by atoms with E-state index in [0.29, 0.717) is 26.2 Å². The van der Waals surface area contributed by atoms with Gasteiger partial charge in [0.2, 0.25) is 11.8 Å². The lowest BCUT2D eigenvalue weighted by Gasteiger charge is -2.34. The van der Waals surface area contributed by atoms with Crippen LogP contribution in [0.1, 0.15) is 35.4 Å². The molecule has 2 aliphatic rings. The number of fused-ring (bicyclic) bond motifs is 1. The van der Waals surface area contributed by atoms with Gasteiger partial charge in [0.25, 0.3) is 0 Å². The maximum atomic E-state index is 12.4. The van der Waals surface area contributed by atoms with E-state index in [1.807, 2.05) is 11.0 Å². The molecule has 0 spiro atoms. The number of carbonyl (C=O) groups excluding carboxylic acids is 2. The van der Waals surface area contributed by atoms with Crippen LogP contribution >= 0.6 is 0 Å². The van der Waals surface area contributed by atoms with Crippen LogP contribution in [0.4, 0.5) is 0 Å². The molecule has 138 valence electrons. The van der Waals surface area contributed by atoms with E-state index in [2.05, 4.69) is 20.8 Å². The molecule has 0 saturated carbocycles. The number of hydrogen-bond acceptors (Lipinski definition) is 5. The molecule has 1 fully saturated rings. The van der Waals surface area contributed by atoms with Gasteiger partial charge in [-0.3, -0.25) is 19.6 Å². The quantitative estimate of drug-likeness (QED) is 0.698. The SMILES string of the molecule is O=C(CC1C(=O)NCCN1Cc1ccoc1)NCc1n[nH]c2c1CCC2. The fourth-order valence-corrected chi connectivity index (χ4v) is 3.75. The van der Waals surface area contributed by atoms with Gasteiger partial charge in [-0.15, -0.1) is 0 Å². The van der Waals surface area contributed by atoms with E-state index in [-0.39, 0.29) is 18.2 Å². The third-order valence-electron chi connectivity index (χ3n) is 5.13. The van der Waals surface area contributed by atoms with Crippen LogP contribution in [-0.4, -0.2) is 46.0 Å². The van der Waals surface area contributed by atoms with Crippen LogP contribution in [0.2, 0.25) is 0 Å². The van der Waals surface area contributed by atoms with E-state index in [1.54, 1.807) is 12.5 Å². The topological polar surface area (TPSA) is 103 Å². The van der Waals surface area contributed by atoms with Crippen molar-refractivity contribution >= 4 is 11.8 Å². The summed E-state index contributed by atoms with van der Waals surface area (Å²) < 4.78 is 5.10. The minimum Gasteiger partial charge on any atom is -0.472 e. The number of H-pyrrole nitrogens is 1. The van der Waals surface area contributed by atoms with Crippen molar-refractivity contribution in [2.45, 2.75) is 44.8 Å². The number of nitrogens with one attached hydrogen (secondary N) is 3. The Balaban J connectivity index is 1.35. The minimum atomic E-state index is -0.469. The lowest BCUT2D eigenvalue weighted by atomic mass is 10.1. The summed E-state index contributed by atoms with van der Waals surface area (Å²) >= 11 is 0. The summed E-state index contributed by atoms with van der Waals surface area (Å²) in [7, 11) is 0. The molecule has 4 rings (SSSR count). The molecule has 3 N–H and O–H groups in total. The van der Waals surface area contributed by atoms with Crippen molar-refractivity contribution in [1.29, 1.82) is 0 Å². The highest BCUT2D eigenvalue weighted by atomic mass is 16.3. The number of amides is 2. The van der Waals surface area contributed by atoms with Gasteiger partial charge in [-0.05, 0) is 30.9 Å². The average molecular weight is 357 g/mol. The molecule has 1 aliphatic carbocycles. The van der Waals surface area contributed by atoms with Gasteiger partial charge in [0, 0.05) is 30.9 Å². The summed E-state index contributed by atoms with van der Waals surface area (Å²) in [6, 6.07) is 1.41. The molecule has 2 aromatic heterocycles. The van der Waals surface area contributed by atoms with Crippen LogP contribution < -0.4 is 10.6 Å². The Morgan fingerprint density at radius 2 is 2.35 bits per heavy atom. The Labute approximate surface area is 151 Å². The number of furan rings is 1. The molecule has 1 aliphatic heterocycles.